The molecule has 0 saturated carbocycles. The van der Waals surface area contributed by atoms with Crippen molar-refractivity contribution in [3.63, 3.8) is 0 Å². The molecule has 136 valence electrons. The van der Waals surface area contributed by atoms with Gasteiger partial charge >= 0.3 is 12.1 Å². The third-order valence-corrected chi connectivity index (χ3v) is 3.15. The molecule has 0 aliphatic carbocycles. The Hall–Kier alpha value is -2.61. The van der Waals surface area contributed by atoms with Crippen molar-refractivity contribution in [2.75, 3.05) is 13.2 Å². The van der Waals surface area contributed by atoms with Crippen LogP contribution in [0.15, 0.2) is 24.3 Å². The highest BCUT2D eigenvalue weighted by Gasteiger charge is 2.19. The number of benzene rings is 1. The average molecular weight is 371 g/mol. The van der Waals surface area contributed by atoms with Gasteiger partial charge in [-0.1, -0.05) is 23.7 Å². The van der Waals surface area contributed by atoms with Crippen LogP contribution < -0.4 is 10.6 Å². The molecular formula is C16H19ClN2O6. The van der Waals surface area contributed by atoms with E-state index >= 15 is 0 Å². The molecule has 9 heteroatoms. The first-order chi connectivity index (χ1) is 11.8. The second-order valence-electron chi connectivity index (χ2n) is 4.94. The van der Waals surface area contributed by atoms with E-state index < -0.39 is 30.6 Å². The van der Waals surface area contributed by atoms with Gasteiger partial charge in [0.15, 0.2) is 6.61 Å². The van der Waals surface area contributed by atoms with Crippen molar-refractivity contribution in [1.82, 2.24) is 10.6 Å². The number of ether oxygens (including phenoxy) is 2. The highest BCUT2D eigenvalue weighted by Crippen LogP contribution is 2.20. The molecule has 1 aromatic carbocycles. The topological polar surface area (TPSA) is 111 Å². The van der Waals surface area contributed by atoms with Gasteiger partial charge < -0.3 is 14.8 Å². The minimum atomic E-state index is -0.916. The quantitative estimate of drug-likeness (QED) is 0.707. The Kier molecular flexibility index (Phi) is 8.42. The van der Waals surface area contributed by atoms with E-state index in [0.717, 1.165) is 0 Å². The highest BCUT2D eigenvalue weighted by atomic mass is 35.5. The van der Waals surface area contributed by atoms with Crippen LogP contribution in [0.3, 0.4) is 0 Å². The molecule has 0 spiro atoms. The van der Waals surface area contributed by atoms with Crippen molar-refractivity contribution in [3.8, 4) is 0 Å². The second kappa shape index (κ2) is 10.3. The van der Waals surface area contributed by atoms with Crippen molar-refractivity contribution in [2.45, 2.75) is 26.3 Å². The summed E-state index contributed by atoms with van der Waals surface area (Å²) in [6, 6.07) is 5.97. The third-order valence-electron chi connectivity index (χ3n) is 2.90. The molecule has 3 amide bonds. The summed E-state index contributed by atoms with van der Waals surface area (Å²) in [7, 11) is 0. The number of carbonyl (C=O) groups excluding carboxylic acids is 4. The van der Waals surface area contributed by atoms with Gasteiger partial charge in [-0.3, -0.25) is 19.7 Å². The fourth-order valence-corrected chi connectivity index (χ4v) is 2.01. The summed E-state index contributed by atoms with van der Waals surface area (Å²) in [5, 5.41) is 5.04. The number of amides is 3. The monoisotopic (exact) mass is 370 g/mol. The lowest BCUT2D eigenvalue weighted by molar-refractivity contribution is -0.149. The summed E-state index contributed by atoms with van der Waals surface area (Å²) in [5.74, 6) is -1.85. The normalized spacial score (nSPS) is 11.2. The first-order valence-corrected chi connectivity index (χ1v) is 7.84. The van der Waals surface area contributed by atoms with Gasteiger partial charge in [0.05, 0.1) is 19.1 Å². The van der Waals surface area contributed by atoms with Crippen LogP contribution in [-0.4, -0.2) is 37.1 Å². The van der Waals surface area contributed by atoms with Crippen LogP contribution in [-0.2, 0) is 23.9 Å². The van der Waals surface area contributed by atoms with E-state index in [1.807, 2.05) is 5.32 Å². The molecule has 8 nitrogen and oxygen atoms in total. The lowest BCUT2D eigenvalue weighted by Crippen LogP contribution is -2.35. The molecule has 0 radical (unpaired) electrons. The second-order valence-corrected chi connectivity index (χ2v) is 5.37. The number of hydrogen-bond donors (Lipinski definition) is 2. The molecule has 0 fully saturated rings. The van der Waals surface area contributed by atoms with E-state index in [1.54, 1.807) is 31.2 Å². The number of nitrogens with one attached hydrogen (secondary N) is 2. The lowest BCUT2D eigenvalue weighted by atomic mass is 10.0. The summed E-state index contributed by atoms with van der Waals surface area (Å²) in [6.07, 6.45) is -1.10. The fraction of sp³-hybridized carbons (Fsp3) is 0.375. The van der Waals surface area contributed by atoms with E-state index in [2.05, 4.69) is 10.1 Å². The average Bonchev–Trinajstić information content (AvgIpc) is 2.53. The molecular weight excluding hydrogens is 352 g/mol. The Morgan fingerprint density at radius 1 is 1.12 bits per heavy atom. The Balaban J connectivity index is 2.57. The molecule has 0 bridgehead atoms. The highest BCUT2D eigenvalue weighted by molar-refractivity contribution is 6.30. The molecule has 1 unspecified atom stereocenters. The van der Waals surface area contributed by atoms with Gasteiger partial charge in [0.25, 0.3) is 5.91 Å². The molecule has 1 rings (SSSR count). The first kappa shape index (κ1) is 20.4. The van der Waals surface area contributed by atoms with Gasteiger partial charge in [-0.25, -0.2) is 4.79 Å². The van der Waals surface area contributed by atoms with Gasteiger partial charge in [0, 0.05) is 11.9 Å². The number of alkyl carbamates (subject to hydrolysis) is 1. The summed E-state index contributed by atoms with van der Waals surface area (Å²) >= 11 is 5.82. The van der Waals surface area contributed by atoms with Gasteiger partial charge in [-0.05, 0) is 24.6 Å². The van der Waals surface area contributed by atoms with Crippen LogP contribution in [0.25, 0.3) is 0 Å². The largest absolute Gasteiger partial charge is 0.455 e. The maximum atomic E-state index is 11.9. The lowest BCUT2D eigenvalue weighted by Gasteiger charge is -2.17. The van der Waals surface area contributed by atoms with Crippen LogP contribution in [0.4, 0.5) is 4.79 Å². The molecule has 25 heavy (non-hydrogen) atoms. The molecule has 0 saturated heterocycles. The predicted octanol–water partition coefficient (Wildman–Crippen LogP) is 1.72. The van der Waals surface area contributed by atoms with Gasteiger partial charge in [-0.2, -0.15) is 0 Å². The maximum absolute atomic E-state index is 11.9. The van der Waals surface area contributed by atoms with E-state index in [1.165, 1.54) is 6.92 Å². The number of carbonyl (C=O) groups is 4. The molecule has 1 aromatic rings. The van der Waals surface area contributed by atoms with Gasteiger partial charge in [0.2, 0.25) is 5.91 Å². The fourth-order valence-electron chi connectivity index (χ4n) is 1.88. The van der Waals surface area contributed by atoms with Crippen LogP contribution in [0.5, 0.6) is 0 Å². The van der Waals surface area contributed by atoms with Crippen molar-refractivity contribution >= 4 is 35.5 Å². The van der Waals surface area contributed by atoms with E-state index in [9.17, 15) is 19.2 Å². The SMILES string of the molecule is CCOC(=O)NC(=O)COC(=O)CC(NC(C)=O)c1ccc(Cl)cc1. The van der Waals surface area contributed by atoms with E-state index in [-0.39, 0.29) is 18.9 Å². The maximum Gasteiger partial charge on any atom is 0.413 e. The van der Waals surface area contributed by atoms with Gasteiger partial charge in [0.1, 0.15) is 0 Å². The Labute approximate surface area is 149 Å². The third kappa shape index (κ3) is 8.16. The summed E-state index contributed by atoms with van der Waals surface area (Å²) < 4.78 is 9.33. The van der Waals surface area contributed by atoms with Crippen molar-refractivity contribution in [2.24, 2.45) is 0 Å². The van der Waals surface area contributed by atoms with Crippen LogP contribution in [0, 0.1) is 0 Å². The molecule has 2 N–H and O–H groups in total. The van der Waals surface area contributed by atoms with E-state index in [4.69, 9.17) is 16.3 Å². The number of halogens is 1. The molecule has 0 aromatic heterocycles. The standard InChI is InChI=1S/C16H19ClN2O6/c1-3-24-16(23)19-14(21)9-25-15(22)8-13(18-10(2)20)11-4-6-12(17)7-5-11/h4-7,13H,3,8-9H2,1-2H3,(H,18,20)(H,19,21,23). The zero-order valence-corrected chi connectivity index (χ0v) is 14.6. The van der Waals surface area contributed by atoms with Crippen molar-refractivity contribution in [1.29, 1.82) is 0 Å². The molecule has 1 atom stereocenters. The van der Waals surface area contributed by atoms with Crippen LogP contribution in [0.2, 0.25) is 5.02 Å². The summed E-state index contributed by atoms with van der Waals surface area (Å²) in [5.41, 5.74) is 0.660. The minimum absolute atomic E-state index is 0.110. The van der Waals surface area contributed by atoms with Crippen LogP contribution >= 0.6 is 11.6 Å². The molecule has 0 aliphatic rings. The Morgan fingerprint density at radius 3 is 2.32 bits per heavy atom. The number of esters is 1. The van der Waals surface area contributed by atoms with Crippen LogP contribution in [0.1, 0.15) is 31.9 Å². The number of hydrogen-bond acceptors (Lipinski definition) is 6. The van der Waals surface area contributed by atoms with Gasteiger partial charge in [-0.15, -0.1) is 0 Å². The Morgan fingerprint density at radius 2 is 1.76 bits per heavy atom. The smallest absolute Gasteiger partial charge is 0.413 e. The zero-order chi connectivity index (χ0) is 18.8. The van der Waals surface area contributed by atoms with Crippen molar-refractivity contribution in [3.05, 3.63) is 34.9 Å². The summed E-state index contributed by atoms with van der Waals surface area (Å²) in [4.78, 5) is 45.7. The zero-order valence-electron chi connectivity index (χ0n) is 13.8. The number of imide groups is 1. The Bertz CT molecular complexity index is 632. The molecule has 0 heterocycles. The van der Waals surface area contributed by atoms with Crippen molar-refractivity contribution < 1.29 is 28.7 Å². The minimum Gasteiger partial charge on any atom is -0.455 e. The summed E-state index contributed by atoms with van der Waals surface area (Å²) in [6.45, 7) is 2.38. The number of rotatable bonds is 7. The first-order valence-electron chi connectivity index (χ1n) is 7.46. The molecule has 0 aliphatic heterocycles. The predicted molar refractivity (Wildman–Crippen MR) is 88.8 cm³/mol. The van der Waals surface area contributed by atoms with E-state index in [0.29, 0.717) is 10.6 Å².